The molecule has 0 saturated heterocycles. The number of methoxy groups -OCH3 is 1. The third kappa shape index (κ3) is 4.30. The third-order valence-corrected chi connectivity index (χ3v) is 5.58. The van der Waals surface area contributed by atoms with Gasteiger partial charge in [0.1, 0.15) is 0 Å². The maximum Gasteiger partial charge on any atom is 0.157 e. The van der Waals surface area contributed by atoms with Crippen molar-refractivity contribution in [1.82, 2.24) is 0 Å². The Balaban J connectivity index is 3.01. The topological polar surface area (TPSA) is 69.4 Å². The largest absolute Gasteiger partial charge is 0.384 e. The van der Waals surface area contributed by atoms with Crippen molar-refractivity contribution in [3.63, 3.8) is 0 Å². The molecule has 19 heavy (non-hydrogen) atoms. The lowest BCUT2D eigenvalue weighted by atomic mass is 9.97. The van der Waals surface area contributed by atoms with Gasteiger partial charge >= 0.3 is 0 Å². The van der Waals surface area contributed by atoms with Crippen LogP contribution < -0.4 is 5.73 Å². The van der Waals surface area contributed by atoms with E-state index in [2.05, 4.69) is 0 Å². The summed E-state index contributed by atoms with van der Waals surface area (Å²) < 4.78 is 29.6. The zero-order valence-corrected chi connectivity index (χ0v) is 12.6. The number of sulfone groups is 1. The molecule has 2 atom stereocenters. The summed E-state index contributed by atoms with van der Waals surface area (Å²) in [5.74, 6) is -0.0376. The van der Waals surface area contributed by atoms with Crippen LogP contribution in [0, 0.1) is 5.92 Å². The van der Waals surface area contributed by atoms with Gasteiger partial charge in [-0.05, 0) is 11.5 Å². The molecule has 0 spiro atoms. The molecule has 0 aliphatic carbocycles. The minimum Gasteiger partial charge on any atom is -0.384 e. The Hall–Kier alpha value is -0.910. The van der Waals surface area contributed by atoms with Crippen LogP contribution in [-0.2, 0) is 14.6 Å². The fraction of sp³-hybridized carbons (Fsp3) is 0.571. The Bertz CT molecular complexity index is 471. The molecular weight excluding hydrogens is 262 g/mol. The van der Waals surface area contributed by atoms with E-state index in [0.29, 0.717) is 0 Å². The normalized spacial score (nSPS) is 15.4. The number of ether oxygens (including phenoxy) is 1. The summed E-state index contributed by atoms with van der Waals surface area (Å²) in [6.07, 6.45) is 0. The van der Waals surface area contributed by atoms with Gasteiger partial charge < -0.3 is 10.5 Å². The lowest BCUT2D eigenvalue weighted by molar-refractivity contribution is 0.216. The van der Waals surface area contributed by atoms with Crippen LogP contribution in [0.15, 0.2) is 30.3 Å². The lowest BCUT2D eigenvalue weighted by Gasteiger charge is -2.27. The Morgan fingerprint density at radius 1 is 1.21 bits per heavy atom. The van der Waals surface area contributed by atoms with E-state index in [0.717, 1.165) is 5.56 Å². The first-order valence-electron chi connectivity index (χ1n) is 6.41. The summed E-state index contributed by atoms with van der Waals surface area (Å²) in [6, 6.07) is 8.85. The molecule has 0 aliphatic rings. The molecule has 0 aromatic heterocycles. The summed E-state index contributed by atoms with van der Waals surface area (Å²) in [5, 5.41) is -0.593. The fourth-order valence-corrected chi connectivity index (χ4v) is 4.36. The van der Waals surface area contributed by atoms with Crippen LogP contribution in [0.4, 0.5) is 0 Å². The molecular formula is C14H23NO3S. The molecule has 4 nitrogen and oxygen atoms in total. The van der Waals surface area contributed by atoms with Gasteiger partial charge in [0.25, 0.3) is 0 Å². The number of hydrogen-bond donors (Lipinski definition) is 1. The zero-order chi connectivity index (χ0) is 14.5. The van der Waals surface area contributed by atoms with Crippen LogP contribution in [0.2, 0.25) is 0 Å². The summed E-state index contributed by atoms with van der Waals surface area (Å²) in [6.45, 7) is 3.97. The second-order valence-corrected chi connectivity index (χ2v) is 7.28. The number of hydrogen-bond acceptors (Lipinski definition) is 4. The van der Waals surface area contributed by atoms with Gasteiger partial charge in [0.15, 0.2) is 9.84 Å². The van der Waals surface area contributed by atoms with Gasteiger partial charge in [0.05, 0.1) is 17.6 Å². The first-order chi connectivity index (χ1) is 8.90. The van der Waals surface area contributed by atoms with Crippen LogP contribution in [0.5, 0.6) is 0 Å². The van der Waals surface area contributed by atoms with Gasteiger partial charge in [-0.1, -0.05) is 44.2 Å². The van der Waals surface area contributed by atoms with Gasteiger partial charge in [-0.25, -0.2) is 8.42 Å². The average Bonchev–Trinajstić information content (AvgIpc) is 2.36. The van der Waals surface area contributed by atoms with E-state index in [4.69, 9.17) is 10.5 Å². The van der Waals surface area contributed by atoms with E-state index in [1.54, 1.807) is 0 Å². The van der Waals surface area contributed by atoms with Crippen molar-refractivity contribution in [2.45, 2.75) is 25.1 Å². The van der Waals surface area contributed by atoms with E-state index >= 15 is 0 Å². The Morgan fingerprint density at radius 3 is 2.26 bits per heavy atom. The maximum absolute atomic E-state index is 12.4. The van der Waals surface area contributed by atoms with Crippen molar-refractivity contribution in [2.75, 3.05) is 19.5 Å². The van der Waals surface area contributed by atoms with Gasteiger partial charge in [-0.15, -0.1) is 0 Å². The number of nitrogens with two attached hydrogens (primary N) is 1. The fourth-order valence-electron chi connectivity index (χ4n) is 2.25. The van der Waals surface area contributed by atoms with Crippen molar-refractivity contribution < 1.29 is 13.2 Å². The van der Waals surface area contributed by atoms with Crippen molar-refractivity contribution >= 4 is 9.84 Å². The maximum atomic E-state index is 12.4. The van der Waals surface area contributed by atoms with E-state index < -0.39 is 21.1 Å². The Morgan fingerprint density at radius 2 is 1.79 bits per heavy atom. The summed E-state index contributed by atoms with van der Waals surface area (Å²) in [5.41, 5.74) is 7.03. The second kappa shape index (κ2) is 7.03. The van der Waals surface area contributed by atoms with Crippen LogP contribution in [0.3, 0.4) is 0 Å². The predicted octanol–water partition coefficient (Wildman–Crippen LogP) is 1.77. The summed E-state index contributed by atoms with van der Waals surface area (Å²) >= 11 is 0. The van der Waals surface area contributed by atoms with E-state index in [-0.39, 0.29) is 18.3 Å². The molecule has 108 valence electrons. The Kier molecular flexibility index (Phi) is 5.97. The molecule has 0 bridgehead atoms. The predicted molar refractivity (Wildman–Crippen MR) is 77.7 cm³/mol. The molecule has 2 N–H and O–H groups in total. The second-order valence-electron chi connectivity index (χ2n) is 5.00. The van der Waals surface area contributed by atoms with E-state index in [1.165, 1.54) is 7.11 Å². The smallest absolute Gasteiger partial charge is 0.157 e. The monoisotopic (exact) mass is 285 g/mol. The lowest BCUT2D eigenvalue weighted by Crippen LogP contribution is -2.39. The van der Waals surface area contributed by atoms with Crippen molar-refractivity contribution in [1.29, 1.82) is 0 Å². The van der Waals surface area contributed by atoms with Gasteiger partial charge in [-0.2, -0.15) is 0 Å². The first kappa shape index (κ1) is 16.1. The van der Waals surface area contributed by atoms with Crippen LogP contribution in [0.1, 0.15) is 25.5 Å². The molecule has 0 amide bonds. The highest BCUT2D eigenvalue weighted by atomic mass is 32.2. The van der Waals surface area contributed by atoms with Crippen LogP contribution in [-0.4, -0.2) is 33.1 Å². The third-order valence-electron chi connectivity index (χ3n) is 3.18. The zero-order valence-electron chi connectivity index (χ0n) is 11.7. The van der Waals surface area contributed by atoms with Gasteiger partial charge in [0.2, 0.25) is 0 Å². The molecule has 0 aliphatic heterocycles. The molecule has 0 radical (unpaired) electrons. The van der Waals surface area contributed by atoms with Crippen molar-refractivity contribution in [3.05, 3.63) is 35.9 Å². The highest BCUT2D eigenvalue weighted by Crippen LogP contribution is 2.26. The standard InChI is InChI=1S/C14H23NO3S/c1-11(2)14(19(16,17)10-9-18-3)13(15)12-7-5-4-6-8-12/h4-8,11,13-14H,9-10,15H2,1-3H3. The summed E-state index contributed by atoms with van der Waals surface area (Å²) in [7, 11) is -1.78. The molecule has 5 heteroatoms. The highest BCUT2D eigenvalue weighted by molar-refractivity contribution is 7.92. The van der Waals surface area contributed by atoms with Crippen LogP contribution >= 0.6 is 0 Å². The first-order valence-corrected chi connectivity index (χ1v) is 8.12. The SMILES string of the molecule is COCCS(=O)(=O)C(C(C)C)C(N)c1ccccc1. The van der Waals surface area contributed by atoms with Crippen molar-refractivity contribution in [3.8, 4) is 0 Å². The molecule has 0 heterocycles. The van der Waals surface area contributed by atoms with Crippen LogP contribution in [0.25, 0.3) is 0 Å². The minimum atomic E-state index is -3.28. The molecule has 1 aromatic rings. The molecule has 0 saturated carbocycles. The average molecular weight is 285 g/mol. The van der Waals surface area contributed by atoms with E-state index in [1.807, 2.05) is 44.2 Å². The van der Waals surface area contributed by atoms with Crippen molar-refractivity contribution in [2.24, 2.45) is 11.7 Å². The van der Waals surface area contributed by atoms with Gasteiger partial charge in [0, 0.05) is 13.2 Å². The number of benzene rings is 1. The molecule has 1 rings (SSSR count). The van der Waals surface area contributed by atoms with Gasteiger partial charge in [-0.3, -0.25) is 0 Å². The molecule has 0 fully saturated rings. The number of rotatable bonds is 7. The Labute approximate surface area is 115 Å². The van der Waals surface area contributed by atoms with E-state index in [9.17, 15) is 8.42 Å². The summed E-state index contributed by atoms with van der Waals surface area (Å²) in [4.78, 5) is 0. The highest BCUT2D eigenvalue weighted by Gasteiger charge is 2.34. The molecule has 1 aromatic carbocycles. The quantitative estimate of drug-likeness (QED) is 0.829. The molecule has 2 unspecified atom stereocenters. The minimum absolute atomic E-state index is 0.00683.